The number of rotatable bonds is 3. The van der Waals surface area contributed by atoms with Gasteiger partial charge in [-0.05, 0) is 33.0 Å². The number of hydrogen-bond donors (Lipinski definition) is 1. The summed E-state index contributed by atoms with van der Waals surface area (Å²) in [5.41, 5.74) is 1.35. The van der Waals surface area contributed by atoms with Gasteiger partial charge in [-0.2, -0.15) is 0 Å². The van der Waals surface area contributed by atoms with Gasteiger partial charge in [-0.3, -0.25) is 0 Å². The number of nitrogens with zero attached hydrogens (tertiary/aromatic N) is 1. The fourth-order valence-electron chi connectivity index (χ4n) is 2.19. The summed E-state index contributed by atoms with van der Waals surface area (Å²) >= 11 is 0. The van der Waals surface area contributed by atoms with Crippen LogP contribution in [0.4, 0.5) is 0 Å². The lowest BCUT2D eigenvalue weighted by molar-refractivity contribution is 0.355. The molecule has 0 saturated heterocycles. The minimum absolute atomic E-state index is 0.231. The summed E-state index contributed by atoms with van der Waals surface area (Å²) in [6, 6.07) is 7.71. The van der Waals surface area contributed by atoms with Crippen LogP contribution in [0.1, 0.15) is 18.4 Å². The first-order chi connectivity index (χ1) is 6.64. The van der Waals surface area contributed by atoms with Crippen LogP contribution >= 0.6 is 0 Å². The second-order valence-corrected chi connectivity index (χ2v) is 4.54. The van der Waals surface area contributed by atoms with Crippen molar-refractivity contribution in [3.05, 3.63) is 29.8 Å². The Bertz CT molecular complexity index is 329. The fourth-order valence-corrected chi connectivity index (χ4v) is 2.19. The lowest BCUT2D eigenvalue weighted by atomic mass is 9.94. The lowest BCUT2D eigenvalue weighted by Gasteiger charge is -2.21. The van der Waals surface area contributed by atoms with E-state index in [1.165, 1.54) is 12.8 Å². The zero-order valence-electron chi connectivity index (χ0n) is 8.83. The van der Waals surface area contributed by atoms with E-state index >= 15 is 0 Å². The van der Waals surface area contributed by atoms with E-state index < -0.39 is 0 Å². The topological polar surface area (TPSA) is 23.5 Å². The Morgan fingerprint density at radius 1 is 1.29 bits per heavy atom. The van der Waals surface area contributed by atoms with Crippen LogP contribution in [0.15, 0.2) is 24.3 Å². The smallest absolute Gasteiger partial charge is 0.119 e. The summed E-state index contributed by atoms with van der Waals surface area (Å²) in [6.07, 6.45) is 2.39. The molecular formula is C12H17NO. The van der Waals surface area contributed by atoms with Gasteiger partial charge in [0.15, 0.2) is 0 Å². The molecule has 76 valence electrons. The van der Waals surface area contributed by atoms with Gasteiger partial charge in [0, 0.05) is 17.5 Å². The van der Waals surface area contributed by atoms with Gasteiger partial charge in [0.2, 0.25) is 0 Å². The maximum atomic E-state index is 9.78. The first-order valence-corrected chi connectivity index (χ1v) is 5.07. The molecule has 0 spiro atoms. The van der Waals surface area contributed by atoms with Crippen LogP contribution < -0.4 is 0 Å². The Labute approximate surface area is 85.2 Å². The molecule has 1 aliphatic rings. The van der Waals surface area contributed by atoms with Gasteiger partial charge in [0.1, 0.15) is 5.75 Å². The van der Waals surface area contributed by atoms with Gasteiger partial charge in [-0.1, -0.05) is 18.2 Å². The normalized spacial score (nSPS) is 18.5. The predicted octanol–water partition coefficient (Wildman–Crippen LogP) is 1.99. The SMILES string of the molecule is CN(C)CC1(c2ccccc2O)CC1. The molecule has 1 N–H and O–H groups in total. The minimum atomic E-state index is 0.231. The molecule has 14 heavy (non-hydrogen) atoms. The molecule has 1 aromatic carbocycles. The van der Waals surface area contributed by atoms with Gasteiger partial charge in [0.05, 0.1) is 0 Å². The van der Waals surface area contributed by atoms with E-state index in [4.69, 9.17) is 0 Å². The molecule has 2 heteroatoms. The van der Waals surface area contributed by atoms with Crippen molar-refractivity contribution in [1.29, 1.82) is 0 Å². The zero-order chi connectivity index (χ0) is 10.2. The third kappa shape index (κ3) is 1.62. The number of hydrogen-bond acceptors (Lipinski definition) is 2. The van der Waals surface area contributed by atoms with Crippen molar-refractivity contribution in [2.24, 2.45) is 0 Å². The number of benzene rings is 1. The quantitative estimate of drug-likeness (QED) is 0.789. The highest BCUT2D eigenvalue weighted by molar-refractivity contribution is 5.42. The molecule has 2 nitrogen and oxygen atoms in total. The highest BCUT2D eigenvalue weighted by atomic mass is 16.3. The second-order valence-electron chi connectivity index (χ2n) is 4.54. The molecule has 0 bridgehead atoms. The average molecular weight is 191 g/mol. The molecule has 0 radical (unpaired) electrons. The van der Waals surface area contributed by atoms with Crippen LogP contribution in [0.25, 0.3) is 0 Å². The van der Waals surface area contributed by atoms with Crippen LogP contribution in [0.3, 0.4) is 0 Å². The van der Waals surface area contributed by atoms with Crippen molar-refractivity contribution < 1.29 is 5.11 Å². The van der Waals surface area contributed by atoms with E-state index in [2.05, 4.69) is 19.0 Å². The maximum Gasteiger partial charge on any atom is 0.119 e. The molecule has 0 aliphatic heterocycles. The number of phenols is 1. The van der Waals surface area contributed by atoms with Gasteiger partial charge in [-0.25, -0.2) is 0 Å². The van der Waals surface area contributed by atoms with Crippen molar-refractivity contribution in [3.8, 4) is 5.75 Å². The Morgan fingerprint density at radius 3 is 2.43 bits per heavy atom. The maximum absolute atomic E-state index is 9.78. The number of para-hydroxylation sites is 1. The van der Waals surface area contributed by atoms with Crippen molar-refractivity contribution in [3.63, 3.8) is 0 Å². The standard InChI is InChI=1S/C12H17NO/c1-13(2)9-12(7-8-12)10-5-3-4-6-11(10)14/h3-6,14H,7-9H2,1-2H3. The van der Waals surface area contributed by atoms with Gasteiger partial charge < -0.3 is 10.0 Å². The number of aromatic hydroxyl groups is 1. The summed E-state index contributed by atoms with van der Waals surface area (Å²) in [4.78, 5) is 2.19. The van der Waals surface area contributed by atoms with Crippen molar-refractivity contribution in [2.45, 2.75) is 18.3 Å². The summed E-state index contributed by atoms with van der Waals surface area (Å²) in [7, 11) is 4.17. The predicted molar refractivity (Wildman–Crippen MR) is 57.6 cm³/mol. The molecule has 1 aromatic rings. The third-order valence-electron chi connectivity index (χ3n) is 2.95. The fraction of sp³-hybridized carbons (Fsp3) is 0.500. The van der Waals surface area contributed by atoms with Gasteiger partial charge in [-0.15, -0.1) is 0 Å². The molecule has 0 aromatic heterocycles. The van der Waals surface area contributed by atoms with Crippen LogP contribution in [-0.4, -0.2) is 30.6 Å². The van der Waals surface area contributed by atoms with E-state index in [1.54, 1.807) is 6.07 Å². The van der Waals surface area contributed by atoms with Crippen LogP contribution in [0.5, 0.6) is 5.75 Å². The first kappa shape index (κ1) is 9.53. The molecule has 2 rings (SSSR count). The molecule has 0 heterocycles. The molecule has 1 fully saturated rings. The molecule has 1 aliphatic carbocycles. The van der Waals surface area contributed by atoms with E-state index in [-0.39, 0.29) is 5.41 Å². The summed E-state index contributed by atoms with van der Waals surface area (Å²) in [5, 5.41) is 9.78. The number of likely N-dealkylation sites (N-methyl/N-ethyl adjacent to an activating group) is 1. The first-order valence-electron chi connectivity index (χ1n) is 5.07. The molecule has 0 unspecified atom stereocenters. The van der Waals surface area contributed by atoms with E-state index in [0.29, 0.717) is 5.75 Å². The van der Waals surface area contributed by atoms with Crippen LogP contribution in [-0.2, 0) is 5.41 Å². The Balaban J connectivity index is 2.26. The number of phenolic OH excluding ortho intramolecular Hbond substituents is 1. The highest BCUT2D eigenvalue weighted by Crippen LogP contribution is 2.51. The second kappa shape index (κ2) is 3.28. The van der Waals surface area contributed by atoms with E-state index in [0.717, 1.165) is 12.1 Å². The molecular weight excluding hydrogens is 174 g/mol. The van der Waals surface area contributed by atoms with Crippen molar-refractivity contribution in [2.75, 3.05) is 20.6 Å². The summed E-state index contributed by atoms with van der Waals surface area (Å²) < 4.78 is 0. The molecule has 0 amide bonds. The van der Waals surface area contributed by atoms with Crippen LogP contribution in [0, 0.1) is 0 Å². The third-order valence-corrected chi connectivity index (χ3v) is 2.95. The van der Waals surface area contributed by atoms with Crippen molar-refractivity contribution >= 4 is 0 Å². The molecule has 0 atom stereocenters. The van der Waals surface area contributed by atoms with E-state index in [9.17, 15) is 5.11 Å². The minimum Gasteiger partial charge on any atom is -0.508 e. The van der Waals surface area contributed by atoms with Gasteiger partial charge >= 0.3 is 0 Å². The Morgan fingerprint density at radius 2 is 1.93 bits per heavy atom. The summed E-state index contributed by atoms with van der Waals surface area (Å²) in [5.74, 6) is 0.451. The average Bonchev–Trinajstić information content (AvgIpc) is 2.85. The van der Waals surface area contributed by atoms with Gasteiger partial charge in [0.25, 0.3) is 0 Å². The molecule has 1 saturated carbocycles. The lowest BCUT2D eigenvalue weighted by Crippen LogP contribution is -2.25. The highest BCUT2D eigenvalue weighted by Gasteiger charge is 2.45. The van der Waals surface area contributed by atoms with Crippen LogP contribution in [0.2, 0.25) is 0 Å². The summed E-state index contributed by atoms with van der Waals surface area (Å²) in [6.45, 7) is 1.03. The monoisotopic (exact) mass is 191 g/mol. The Kier molecular flexibility index (Phi) is 2.23. The zero-order valence-corrected chi connectivity index (χ0v) is 8.83. The van der Waals surface area contributed by atoms with Crippen molar-refractivity contribution in [1.82, 2.24) is 4.90 Å². The Hall–Kier alpha value is -1.02. The van der Waals surface area contributed by atoms with E-state index in [1.807, 2.05) is 18.2 Å². The largest absolute Gasteiger partial charge is 0.508 e.